The highest BCUT2D eigenvalue weighted by Crippen LogP contribution is 2.44. The first-order chi connectivity index (χ1) is 14.1. The van der Waals surface area contributed by atoms with Crippen LogP contribution in [-0.4, -0.2) is 54.5 Å². The molecule has 0 radical (unpaired) electrons. The van der Waals surface area contributed by atoms with Gasteiger partial charge in [-0.1, -0.05) is 36.8 Å². The van der Waals surface area contributed by atoms with E-state index in [0.717, 1.165) is 38.9 Å². The Kier molecular flexibility index (Phi) is 5.86. The molecule has 29 heavy (non-hydrogen) atoms. The first-order valence-electron chi connectivity index (χ1n) is 10.5. The summed E-state index contributed by atoms with van der Waals surface area (Å²) in [6.45, 7) is 3.10. The number of hydrogen-bond donors (Lipinski definition) is 0. The number of nitrogens with zero attached hydrogens (tertiary/aromatic N) is 2. The molecule has 0 aliphatic carbocycles. The van der Waals surface area contributed by atoms with Gasteiger partial charge in [0.15, 0.2) is 0 Å². The van der Waals surface area contributed by atoms with Gasteiger partial charge >= 0.3 is 0 Å². The standard InChI is InChI=1S/C24H29FN2O2/c1-26-23(28)9-5-6-14-24(26)18-27(17-22(24)19-7-3-2-4-8-19)15-16-29-21-12-10-20(25)11-13-21/h2-4,7-8,10-13,22H,5-6,9,14-18H2,1H3/t22-,24+/m0/s1. The normalized spacial score (nSPS) is 25.4. The predicted molar refractivity (Wildman–Crippen MR) is 111 cm³/mol. The number of likely N-dealkylation sites (N-methyl/N-ethyl adjacent to an activating group) is 1. The van der Waals surface area contributed by atoms with Crippen molar-refractivity contribution >= 4 is 5.91 Å². The van der Waals surface area contributed by atoms with Gasteiger partial charge in [-0.2, -0.15) is 0 Å². The van der Waals surface area contributed by atoms with Crippen molar-refractivity contribution < 1.29 is 13.9 Å². The van der Waals surface area contributed by atoms with Crippen LogP contribution in [0.4, 0.5) is 4.39 Å². The lowest BCUT2D eigenvalue weighted by molar-refractivity contribution is -0.135. The summed E-state index contributed by atoms with van der Waals surface area (Å²) in [4.78, 5) is 17.2. The van der Waals surface area contributed by atoms with E-state index in [4.69, 9.17) is 4.74 Å². The third-order valence-electron chi connectivity index (χ3n) is 6.57. The molecule has 0 aromatic heterocycles. The molecule has 2 aromatic carbocycles. The van der Waals surface area contributed by atoms with Crippen molar-refractivity contribution in [3.63, 3.8) is 0 Å². The minimum absolute atomic E-state index is 0.162. The maximum atomic E-state index is 13.1. The molecule has 1 spiro atoms. The molecule has 0 unspecified atom stereocenters. The minimum atomic E-state index is -0.259. The van der Waals surface area contributed by atoms with E-state index in [1.807, 2.05) is 18.0 Å². The van der Waals surface area contributed by atoms with Gasteiger partial charge in [0.05, 0.1) is 5.54 Å². The van der Waals surface area contributed by atoms with Crippen molar-refractivity contribution in [2.75, 3.05) is 33.3 Å². The summed E-state index contributed by atoms with van der Waals surface area (Å²) in [5.74, 6) is 0.974. The van der Waals surface area contributed by atoms with Crippen LogP contribution < -0.4 is 4.74 Å². The Balaban J connectivity index is 1.50. The average Bonchev–Trinajstić information content (AvgIpc) is 3.05. The molecule has 2 aromatic rings. The van der Waals surface area contributed by atoms with E-state index >= 15 is 0 Å². The fraction of sp³-hybridized carbons (Fsp3) is 0.458. The number of hydrogen-bond acceptors (Lipinski definition) is 3. The number of likely N-dealkylation sites (tertiary alicyclic amines) is 2. The quantitative estimate of drug-likeness (QED) is 0.764. The lowest BCUT2D eigenvalue weighted by Gasteiger charge is -2.42. The zero-order valence-electron chi connectivity index (χ0n) is 17.0. The molecule has 2 heterocycles. The van der Waals surface area contributed by atoms with Crippen LogP contribution in [0, 0.1) is 5.82 Å². The number of halogens is 1. The Morgan fingerprint density at radius 3 is 2.62 bits per heavy atom. The van der Waals surface area contributed by atoms with E-state index in [-0.39, 0.29) is 17.3 Å². The van der Waals surface area contributed by atoms with Crippen LogP contribution in [-0.2, 0) is 4.79 Å². The number of amides is 1. The molecule has 0 bridgehead atoms. The third-order valence-corrected chi connectivity index (χ3v) is 6.57. The molecule has 2 saturated heterocycles. The second-order valence-electron chi connectivity index (χ2n) is 8.26. The van der Waals surface area contributed by atoms with Crippen LogP contribution in [0.25, 0.3) is 0 Å². The molecule has 2 aliphatic heterocycles. The van der Waals surface area contributed by atoms with Gasteiger partial charge in [-0.3, -0.25) is 9.69 Å². The number of benzene rings is 2. The highest BCUT2D eigenvalue weighted by Gasteiger charge is 2.51. The SMILES string of the molecule is CN1C(=O)CCCC[C@]12CN(CCOc1ccc(F)cc1)C[C@H]2c1ccccc1. The molecular formula is C24H29FN2O2. The van der Waals surface area contributed by atoms with Crippen LogP contribution in [0.5, 0.6) is 5.75 Å². The summed E-state index contributed by atoms with van der Waals surface area (Å²) in [7, 11) is 1.99. The van der Waals surface area contributed by atoms with Crippen molar-refractivity contribution in [1.29, 1.82) is 0 Å². The second kappa shape index (κ2) is 8.54. The van der Waals surface area contributed by atoms with Gasteiger partial charge in [-0.15, -0.1) is 0 Å². The van der Waals surface area contributed by atoms with Crippen LogP contribution in [0.2, 0.25) is 0 Å². The van der Waals surface area contributed by atoms with Gasteiger partial charge in [-0.25, -0.2) is 4.39 Å². The van der Waals surface area contributed by atoms with Crippen LogP contribution in [0.3, 0.4) is 0 Å². The van der Waals surface area contributed by atoms with E-state index in [0.29, 0.717) is 24.7 Å². The largest absolute Gasteiger partial charge is 0.492 e. The van der Waals surface area contributed by atoms with Crippen LogP contribution in [0.15, 0.2) is 54.6 Å². The second-order valence-corrected chi connectivity index (χ2v) is 8.26. The van der Waals surface area contributed by atoms with Gasteiger partial charge in [0.1, 0.15) is 18.2 Å². The zero-order valence-corrected chi connectivity index (χ0v) is 17.0. The van der Waals surface area contributed by atoms with Crippen molar-refractivity contribution in [2.45, 2.75) is 37.1 Å². The number of ether oxygens (including phenoxy) is 1. The molecule has 2 aliphatic rings. The van der Waals surface area contributed by atoms with E-state index in [9.17, 15) is 9.18 Å². The summed E-state index contributed by atoms with van der Waals surface area (Å²) in [5.41, 5.74) is 1.14. The molecule has 154 valence electrons. The first-order valence-corrected chi connectivity index (χ1v) is 10.5. The monoisotopic (exact) mass is 396 g/mol. The molecule has 0 saturated carbocycles. The summed E-state index contributed by atoms with van der Waals surface area (Å²) < 4.78 is 18.9. The Hall–Kier alpha value is -2.40. The fourth-order valence-corrected chi connectivity index (χ4v) is 4.97. The first kappa shape index (κ1) is 19.9. The molecule has 2 fully saturated rings. The van der Waals surface area contributed by atoms with Crippen molar-refractivity contribution in [3.8, 4) is 5.75 Å². The van der Waals surface area contributed by atoms with Crippen LogP contribution >= 0.6 is 0 Å². The fourth-order valence-electron chi connectivity index (χ4n) is 4.97. The van der Waals surface area contributed by atoms with Gasteiger partial charge in [0, 0.05) is 39.0 Å². The van der Waals surface area contributed by atoms with E-state index in [1.165, 1.54) is 17.7 Å². The Morgan fingerprint density at radius 2 is 1.86 bits per heavy atom. The Bertz CT molecular complexity index is 827. The maximum Gasteiger partial charge on any atom is 0.222 e. The van der Waals surface area contributed by atoms with E-state index in [2.05, 4.69) is 29.2 Å². The molecular weight excluding hydrogens is 367 g/mol. The summed E-state index contributed by atoms with van der Waals surface area (Å²) in [6, 6.07) is 16.7. The minimum Gasteiger partial charge on any atom is -0.492 e. The summed E-state index contributed by atoms with van der Waals surface area (Å²) in [6.07, 6.45) is 3.73. The molecule has 4 nitrogen and oxygen atoms in total. The Labute approximate surface area is 172 Å². The van der Waals surface area contributed by atoms with Crippen molar-refractivity contribution in [1.82, 2.24) is 9.80 Å². The number of carbonyl (C=O) groups excluding carboxylic acids is 1. The van der Waals surface area contributed by atoms with Crippen molar-refractivity contribution in [3.05, 3.63) is 66.0 Å². The molecule has 0 N–H and O–H groups in total. The number of rotatable bonds is 5. The van der Waals surface area contributed by atoms with Gasteiger partial charge in [0.25, 0.3) is 0 Å². The van der Waals surface area contributed by atoms with E-state index in [1.54, 1.807) is 12.1 Å². The third kappa shape index (κ3) is 4.15. The van der Waals surface area contributed by atoms with Gasteiger partial charge in [-0.05, 0) is 42.7 Å². The predicted octanol–water partition coefficient (Wildman–Crippen LogP) is 4.08. The van der Waals surface area contributed by atoms with Crippen molar-refractivity contribution in [2.24, 2.45) is 0 Å². The Morgan fingerprint density at radius 1 is 1.10 bits per heavy atom. The molecule has 2 atom stereocenters. The summed E-state index contributed by atoms with van der Waals surface area (Å²) >= 11 is 0. The average molecular weight is 397 g/mol. The van der Waals surface area contributed by atoms with Gasteiger partial charge < -0.3 is 9.64 Å². The lowest BCUT2D eigenvalue weighted by Crippen LogP contribution is -2.53. The summed E-state index contributed by atoms with van der Waals surface area (Å²) in [5, 5.41) is 0. The molecule has 1 amide bonds. The highest BCUT2D eigenvalue weighted by molar-refractivity contribution is 5.77. The number of carbonyl (C=O) groups is 1. The molecule has 5 heteroatoms. The van der Waals surface area contributed by atoms with Crippen LogP contribution in [0.1, 0.15) is 37.2 Å². The highest BCUT2D eigenvalue weighted by atomic mass is 19.1. The van der Waals surface area contributed by atoms with Gasteiger partial charge in [0.2, 0.25) is 5.91 Å². The maximum absolute atomic E-state index is 13.1. The van der Waals surface area contributed by atoms with E-state index < -0.39 is 0 Å². The zero-order chi connectivity index (χ0) is 20.3. The lowest BCUT2D eigenvalue weighted by atomic mass is 9.78. The topological polar surface area (TPSA) is 32.8 Å². The molecule has 4 rings (SSSR count). The smallest absolute Gasteiger partial charge is 0.222 e.